The zero-order valence-electron chi connectivity index (χ0n) is 8.94. The molecule has 0 bridgehead atoms. The first kappa shape index (κ1) is 12.0. The van der Waals surface area contributed by atoms with Crippen molar-refractivity contribution >= 4 is 0 Å². The van der Waals surface area contributed by atoms with Crippen molar-refractivity contribution in [2.45, 2.75) is 52.9 Å². The molecule has 1 nitrogen and oxygen atoms in total. The second kappa shape index (κ2) is 9.05. The van der Waals surface area contributed by atoms with Gasteiger partial charge in [-0.1, -0.05) is 40.0 Å². The van der Waals surface area contributed by atoms with E-state index in [-0.39, 0.29) is 0 Å². The van der Waals surface area contributed by atoms with Gasteiger partial charge in [-0.05, 0) is 18.8 Å². The maximum absolute atomic E-state index is 5.43. The van der Waals surface area contributed by atoms with Crippen molar-refractivity contribution in [1.82, 2.24) is 0 Å². The number of hydrogen-bond acceptors (Lipinski definition) is 1. The molecule has 0 aromatic heterocycles. The molecule has 0 radical (unpaired) electrons. The van der Waals surface area contributed by atoms with E-state index >= 15 is 0 Å². The van der Waals surface area contributed by atoms with Crippen molar-refractivity contribution in [3.8, 4) is 0 Å². The van der Waals surface area contributed by atoms with Crippen LogP contribution in [0, 0.1) is 5.92 Å². The van der Waals surface area contributed by atoms with Gasteiger partial charge in [0.25, 0.3) is 0 Å². The molecular weight excluding hydrogens is 148 g/mol. The highest BCUT2D eigenvalue weighted by Gasteiger charge is 2.00. The Labute approximate surface area is 77.5 Å². The number of unbranched alkanes of at least 4 members (excludes halogenated alkanes) is 1. The minimum absolute atomic E-state index is 0.849. The Kier molecular flexibility index (Phi) is 9.02. The van der Waals surface area contributed by atoms with Crippen molar-refractivity contribution in [3.63, 3.8) is 0 Å². The van der Waals surface area contributed by atoms with Crippen molar-refractivity contribution in [2.24, 2.45) is 5.92 Å². The summed E-state index contributed by atoms with van der Waals surface area (Å²) in [6.45, 7) is 8.62. The molecule has 0 heterocycles. The monoisotopic (exact) mass is 172 g/mol. The van der Waals surface area contributed by atoms with Crippen LogP contribution in [0.4, 0.5) is 0 Å². The predicted molar refractivity (Wildman–Crippen MR) is 54.4 cm³/mol. The Morgan fingerprint density at radius 2 is 1.75 bits per heavy atom. The quantitative estimate of drug-likeness (QED) is 0.508. The molecule has 74 valence electrons. The third kappa shape index (κ3) is 8.06. The van der Waals surface area contributed by atoms with Gasteiger partial charge < -0.3 is 4.74 Å². The van der Waals surface area contributed by atoms with Gasteiger partial charge in [-0.3, -0.25) is 0 Å². The van der Waals surface area contributed by atoms with E-state index in [4.69, 9.17) is 4.74 Å². The normalized spacial score (nSPS) is 13.2. The highest BCUT2D eigenvalue weighted by Crippen LogP contribution is 2.11. The van der Waals surface area contributed by atoms with Crippen LogP contribution in [-0.4, -0.2) is 13.2 Å². The lowest BCUT2D eigenvalue weighted by Crippen LogP contribution is -2.02. The number of rotatable bonds is 8. The standard InChI is InChI=1S/C11H24O/c1-4-6-7-11(3)8-10-12-9-5-2/h11H,4-10H2,1-3H3. The van der Waals surface area contributed by atoms with Crippen LogP contribution in [0.3, 0.4) is 0 Å². The van der Waals surface area contributed by atoms with Crippen LogP contribution < -0.4 is 0 Å². The van der Waals surface area contributed by atoms with Crippen LogP contribution >= 0.6 is 0 Å². The summed E-state index contributed by atoms with van der Waals surface area (Å²) >= 11 is 0. The highest BCUT2D eigenvalue weighted by molar-refractivity contribution is 4.52. The van der Waals surface area contributed by atoms with Gasteiger partial charge in [-0.15, -0.1) is 0 Å². The molecule has 0 aromatic carbocycles. The maximum Gasteiger partial charge on any atom is 0.0468 e. The Morgan fingerprint density at radius 3 is 2.33 bits per heavy atom. The van der Waals surface area contributed by atoms with Crippen LogP contribution in [0.15, 0.2) is 0 Å². The SMILES string of the molecule is CCCCC(C)CCOCCC. The highest BCUT2D eigenvalue weighted by atomic mass is 16.5. The van der Waals surface area contributed by atoms with E-state index < -0.39 is 0 Å². The van der Waals surface area contributed by atoms with E-state index in [2.05, 4.69) is 20.8 Å². The zero-order chi connectivity index (χ0) is 9.23. The van der Waals surface area contributed by atoms with Crippen molar-refractivity contribution < 1.29 is 4.74 Å². The zero-order valence-corrected chi connectivity index (χ0v) is 8.94. The predicted octanol–water partition coefficient (Wildman–Crippen LogP) is 3.63. The third-order valence-electron chi connectivity index (χ3n) is 2.15. The molecule has 0 aliphatic carbocycles. The van der Waals surface area contributed by atoms with Crippen LogP contribution in [0.1, 0.15) is 52.9 Å². The maximum atomic E-state index is 5.43. The summed E-state index contributed by atoms with van der Waals surface area (Å²) < 4.78 is 5.43. The molecule has 1 unspecified atom stereocenters. The lowest BCUT2D eigenvalue weighted by molar-refractivity contribution is 0.121. The van der Waals surface area contributed by atoms with Gasteiger partial charge in [0.2, 0.25) is 0 Å². The summed E-state index contributed by atoms with van der Waals surface area (Å²) in [6.07, 6.45) is 6.43. The molecule has 0 aliphatic heterocycles. The molecule has 0 spiro atoms. The molecular formula is C11H24O. The summed E-state index contributed by atoms with van der Waals surface area (Å²) in [5.74, 6) is 0.849. The lowest BCUT2D eigenvalue weighted by atomic mass is 10.0. The fourth-order valence-corrected chi connectivity index (χ4v) is 1.23. The van der Waals surface area contributed by atoms with Gasteiger partial charge in [0, 0.05) is 13.2 Å². The van der Waals surface area contributed by atoms with Gasteiger partial charge in [-0.2, -0.15) is 0 Å². The minimum Gasteiger partial charge on any atom is -0.381 e. The van der Waals surface area contributed by atoms with Crippen molar-refractivity contribution in [3.05, 3.63) is 0 Å². The van der Waals surface area contributed by atoms with E-state index in [1.165, 1.54) is 25.7 Å². The van der Waals surface area contributed by atoms with Gasteiger partial charge in [0.05, 0.1) is 0 Å². The molecule has 1 atom stereocenters. The second-order valence-electron chi connectivity index (χ2n) is 3.65. The molecule has 12 heavy (non-hydrogen) atoms. The fraction of sp³-hybridized carbons (Fsp3) is 1.00. The van der Waals surface area contributed by atoms with Gasteiger partial charge in [0.1, 0.15) is 0 Å². The summed E-state index contributed by atoms with van der Waals surface area (Å²) in [6, 6.07) is 0. The van der Waals surface area contributed by atoms with Crippen molar-refractivity contribution in [2.75, 3.05) is 13.2 Å². The van der Waals surface area contributed by atoms with Crippen LogP contribution in [0.2, 0.25) is 0 Å². The molecule has 0 aliphatic rings. The Morgan fingerprint density at radius 1 is 1.00 bits per heavy atom. The van der Waals surface area contributed by atoms with Crippen LogP contribution in [0.25, 0.3) is 0 Å². The first-order valence-corrected chi connectivity index (χ1v) is 5.39. The summed E-state index contributed by atoms with van der Waals surface area (Å²) in [5.41, 5.74) is 0. The lowest BCUT2D eigenvalue weighted by Gasteiger charge is -2.10. The fourth-order valence-electron chi connectivity index (χ4n) is 1.23. The first-order chi connectivity index (χ1) is 5.81. The Balaban J connectivity index is 3.02. The van der Waals surface area contributed by atoms with Crippen LogP contribution in [0.5, 0.6) is 0 Å². The second-order valence-corrected chi connectivity index (χ2v) is 3.65. The summed E-state index contributed by atoms with van der Waals surface area (Å²) in [7, 11) is 0. The molecule has 0 fully saturated rings. The van der Waals surface area contributed by atoms with E-state index in [0.717, 1.165) is 25.6 Å². The van der Waals surface area contributed by atoms with E-state index in [0.29, 0.717) is 0 Å². The average molecular weight is 172 g/mol. The molecule has 0 amide bonds. The van der Waals surface area contributed by atoms with E-state index in [1.807, 2.05) is 0 Å². The summed E-state index contributed by atoms with van der Waals surface area (Å²) in [5, 5.41) is 0. The molecule has 0 saturated heterocycles. The Hall–Kier alpha value is -0.0400. The molecule has 0 N–H and O–H groups in total. The average Bonchev–Trinajstić information content (AvgIpc) is 2.09. The molecule has 0 aromatic rings. The largest absolute Gasteiger partial charge is 0.381 e. The van der Waals surface area contributed by atoms with E-state index in [1.54, 1.807) is 0 Å². The van der Waals surface area contributed by atoms with Gasteiger partial charge in [-0.25, -0.2) is 0 Å². The van der Waals surface area contributed by atoms with E-state index in [9.17, 15) is 0 Å². The van der Waals surface area contributed by atoms with Crippen molar-refractivity contribution in [1.29, 1.82) is 0 Å². The van der Waals surface area contributed by atoms with Gasteiger partial charge >= 0.3 is 0 Å². The third-order valence-corrected chi connectivity index (χ3v) is 2.15. The molecule has 0 rings (SSSR count). The first-order valence-electron chi connectivity index (χ1n) is 5.39. The number of hydrogen-bond donors (Lipinski definition) is 0. The smallest absolute Gasteiger partial charge is 0.0468 e. The topological polar surface area (TPSA) is 9.23 Å². The van der Waals surface area contributed by atoms with Crippen LogP contribution in [-0.2, 0) is 4.74 Å². The number of ether oxygens (including phenoxy) is 1. The minimum atomic E-state index is 0.849. The molecule has 1 heteroatoms. The molecule has 0 saturated carbocycles. The van der Waals surface area contributed by atoms with Gasteiger partial charge in [0.15, 0.2) is 0 Å². The summed E-state index contributed by atoms with van der Waals surface area (Å²) in [4.78, 5) is 0. The Bertz CT molecular complexity index is 81.1.